The molecule has 190 valence electrons. The summed E-state index contributed by atoms with van der Waals surface area (Å²) in [5.74, 6) is -0.240. The lowest BCUT2D eigenvalue weighted by Gasteiger charge is -2.11. The van der Waals surface area contributed by atoms with Crippen LogP contribution in [0.2, 0.25) is 0 Å². The van der Waals surface area contributed by atoms with Gasteiger partial charge in [0, 0.05) is 18.7 Å². The Bertz CT molecular complexity index is 1420. The van der Waals surface area contributed by atoms with Crippen molar-refractivity contribution in [3.63, 3.8) is 0 Å². The van der Waals surface area contributed by atoms with E-state index in [0.29, 0.717) is 34.7 Å². The van der Waals surface area contributed by atoms with E-state index in [1.165, 1.54) is 10.6 Å². The summed E-state index contributed by atoms with van der Waals surface area (Å²) in [5, 5.41) is 4.78. The molecule has 9 heteroatoms. The van der Waals surface area contributed by atoms with E-state index in [2.05, 4.69) is 5.32 Å². The number of carbonyl (C=O) groups is 2. The fourth-order valence-electron chi connectivity index (χ4n) is 4.15. The number of carbonyl (C=O) groups excluding carboxylic acids is 2. The van der Waals surface area contributed by atoms with E-state index in [9.17, 15) is 14.4 Å². The minimum Gasteiger partial charge on any atom is -0.493 e. The van der Waals surface area contributed by atoms with Gasteiger partial charge in [-0.1, -0.05) is 30.3 Å². The van der Waals surface area contributed by atoms with Crippen LogP contribution in [0, 0.1) is 0 Å². The molecular weight excluding hydrogens is 480 g/mol. The molecule has 1 aliphatic heterocycles. The maximum Gasteiger partial charge on any atom is 0.333 e. The molecule has 1 aliphatic rings. The van der Waals surface area contributed by atoms with Gasteiger partial charge in [-0.25, -0.2) is 4.79 Å². The Morgan fingerprint density at radius 1 is 1.19 bits per heavy atom. The number of esters is 1. The summed E-state index contributed by atoms with van der Waals surface area (Å²) in [6.07, 6.45) is 4.88. The Kier molecular flexibility index (Phi) is 8.56. The number of hydrogen-bond acceptors (Lipinski definition) is 7. The van der Waals surface area contributed by atoms with Crippen molar-refractivity contribution in [3.05, 3.63) is 61.5 Å². The zero-order chi connectivity index (χ0) is 25.5. The molecule has 1 atom stereocenters. The molecule has 2 aromatic carbocycles. The van der Waals surface area contributed by atoms with Gasteiger partial charge >= 0.3 is 5.97 Å². The van der Waals surface area contributed by atoms with Crippen LogP contribution >= 0.6 is 11.3 Å². The predicted octanol–water partition coefficient (Wildman–Crippen LogP) is 1.93. The highest BCUT2D eigenvalue weighted by atomic mass is 32.1. The van der Waals surface area contributed by atoms with E-state index in [4.69, 9.17) is 14.2 Å². The van der Waals surface area contributed by atoms with Crippen LogP contribution in [-0.2, 0) is 25.6 Å². The van der Waals surface area contributed by atoms with Crippen molar-refractivity contribution in [1.82, 2.24) is 9.88 Å². The summed E-state index contributed by atoms with van der Waals surface area (Å²) in [6.45, 7) is 5.16. The van der Waals surface area contributed by atoms with E-state index in [-0.39, 0.29) is 30.7 Å². The van der Waals surface area contributed by atoms with Crippen molar-refractivity contribution in [2.75, 3.05) is 26.4 Å². The van der Waals surface area contributed by atoms with Crippen LogP contribution in [-0.4, -0.2) is 48.9 Å². The molecule has 8 nitrogen and oxygen atoms in total. The Balaban J connectivity index is 1.77. The maximum absolute atomic E-state index is 13.5. The van der Waals surface area contributed by atoms with Gasteiger partial charge in [-0.15, -0.1) is 11.3 Å². The number of nitrogens with zero attached hydrogens (tertiary/aromatic N) is 1. The molecule has 0 radical (unpaired) electrons. The molecule has 0 bridgehead atoms. The van der Waals surface area contributed by atoms with Gasteiger partial charge in [0.2, 0.25) is 5.91 Å². The zero-order valence-corrected chi connectivity index (χ0v) is 21.3. The summed E-state index contributed by atoms with van der Waals surface area (Å²) < 4.78 is 18.5. The van der Waals surface area contributed by atoms with Crippen molar-refractivity contribution >= 4 is 46.1 Å². The van der Waals surface area contributed by atoms with Crippen LogP contribution in [0.3, 0.4) is 0 Å². The van der Waals surface area contributed by atoms with Gasteiger partial charge in [0.15, 0.2) is 0 Å². The molecule has 4 rings (SSSR count). The number of amides is 1. The second-order valence-electron chi connectivity index (χ2n) is 8.31. The smallest absolute Gasteiger partial charge is 0.333 e. The number of benzene rings is 2. The van der Waals surface area contributed by atoms with E-state index in [0.717, 1.165) is 40.5 Å². The molecule has 1 amide bonds. The Morgan fingerprint density at radius 3 is 2.78 bits per heavy atom. The van der Waals surface area contributed by atoms with Gasteiger partial charge < -0.3 is 19.5 Å². The molecule has 1 aromatic heterocycles. The third-order valence-corrected chi connectivity index (χ3v) is 6.88. The minimum atomic E-state index is -0.570. The summed E-state index contributed by atoms with van der Waals surface area (Å²) >= 11 is 1.13. The van der Waals surface area contributed by atoms with Gasteiger partial charge in [0.1, 0.15) is 17.0 Å². The zero-order valence-electron chi connectivity index (χ0n) is 20.5. The summed E-state index contributed by atoms with van der Waals surface area (Å²) in [6, 6.07) is 11.7. The van der Waals surface area contributed by atoms with Gasteiger partial charge in [0.25, 0.3) is 5.56 Å². The van der Waals surface area contributed by atoms with E-state index < -0.39 is 5.97 Å². The fourth-order valence-corrected chi connectivity index (χ4v) is 5.16. The number of aromatic nitrogens is 1. The van der Waals surface area contributed by atoms with Crippen molar-refractivity contribution in [1.29, 1.82) is 0 Å². The van der Waals surface area contributed by atoms with Gasteiger partial charge in [0.05, 0.1) is 29.9 Å². The molecule has 0 saturated carbocycles. The molecule has 0 spiro atoms. The van der Waals surface area contributed by atoms with Crippen molar-refractivity contribution in [3.8, 4) is 5.75 Å². The van der Waals surface area contributed by atoms with E-state index in [1.54, 1.807) is 13.0 Å². The molecule has 1 unspecified atom stereocenters. The quantitative estimate of drug-likeness (QED) is 0.442. The van der Waals surface area contributed by atoms with Crippen LogP contribution in [0.4, 0.5) is 0 Å². The summed E-state index contributed by atoms with van der Waals surface area (Å²) in [4.78, 5) is 38.4. The average Bonchev–Trinajstić information content (AvgIpc) is 3.49. The Labute approximate surface area is 212 Å². The van der Waals surface area contributed by atoms with Crippen LogP contribution in [0.1, 0.15) is 32.3 Å². The maximum atomic E-state index is 13.5. The number of thiazole rings is 1. The predicted molar refractivity (Wildman–Crippen MR) is 140 cm³/mol. The van der Waals surface area contributed by atoms with Gasteiger partial charge in [-0.05, 0) is 49.6 Å². The topological polar surface area (TPSA) is 95.9 Å². The second-order valence-corrected chi connectivity index (χ2v) is 9.37. The summed E-state index contributed by atoms with van der Waals surface area (Å²) in [5.41, 5.74) is 0.407. The Morgan fingerprint density at radius 2 is 2.03 bits per heavy atom. The molecular formula is C27H30N2O6S. The molecule has 1 fully saturated rings. The van der Waals surface area contributed by atoms with Crippen molar-refractivity contribution in [2.24, 2.45) is 0 Å². The standard InChI is InChI=1S/C27H30N2O6S/c1-3-33-22-12-11-18-8-5-6-10-20(18)21(22)14-23-27(32)29(25(36-23)15-26(31)34-4-2)17-24(30)28-16-19-9-7-13-35-19/h5-6,8,10-12,14-15,19H,3-4,7,9,13,16-17H2,1-2H3,(H,28,30). The highest BCUT2D eigenvalue weighted by Crippen LogP contribution is 2.28. The van der Waals surface area contributed by atoms with Crippen molar-refractivity contribution < 1.29 is 23.8 Å². The van der Waals surface area contributed by atoms with Gasteiger partial charge in [-0.2, -0.15) is 0 Å². The van der Waals surface area contributed by atoms with Crippen LogP contribution < -0.4 is 24.8 Å². The van der Waals surface area contributed by atoms with Gasteiger partial charge in [-0.3, -0.25) is 14.2 Å². The monoisotopic (exact) mass is 510 g/mol. The second kappa shape index (κ2) is 12.0. The first kappa shape index (κ1) is 25.7. The lowest BCUT2D eigenvalue weighted by Crippen LogP contribution is -2.40. The average molecular weight is 511 g/mol. The molecule has 3 aromatic rings. The highest BCUT2D eigenvalue weighted by Gasteiger charge is 2.17. The number of rotatable bonds is 9. The van der Waals surface area contributed by atoms with Crippen molar-refractivity contribution in [2.45, 2.75) is 39.3 Å². The normalized spacial score (nSPS) is 16.4. The van der Waals surface area contributed by atoms with Crippen LogP contribution in [0.5, 0.6) is 5.75 Å². The molecule has 2 heterocycles. The summed E-state index contributed by atoms with van der Waals surface area (Å²) in [7, 11) is 0. The molecule has 1 saturated heterocycles. The largest absolute Gasteiger partial charge is 0.493 e. The lowest BCUT2D eigenvalue weighted by molar-refractivity contribution is -0.135. The highest BCUT2D eigenvalue weighted by molar-refractivity contribution is 7.07. The molecule has 1 N–H and O–H groups in total. The molecule has 0 aliphatic carbocycles. The molecule has 36 heavy (non-hydrogen) atoms. The third kappa shape index (κ3) is 6.03. The Hall–Kier alpha value is -3.43. The first-order valence-electron chi connectivity index (χ1n) is 12.1. The number of ether oxygens (including phenoxy) is 3. The van der Waals surface area contributed by atoms with Crippen LogP contribution in [0.25, 0.3) is 22.9 Å². The van der Waals surface area contributed by atoms with Crippen LogP contribution in [0.15, 0.2) is 41.2 Å². The first-order chi connectivity index (χ1) is 17.5. The first-order valence-corrected chi connectivity index (χ1v) is 12.9. The van der Waals surface area contributed by atoms with E-state index >= 15 is 0 Å². The lowest BCUT2D eigenvalue weighted by atomic mass is 10.0. The number of nitrogens with one attached hydrogen (secondary N) is 1. The van der Waals surface area contributed by atoms with E-state index in [1.807, 2.05) is 43.3 Å². The number of fused-ring (bicyclic) bond motifs is 1. The fraction of sp³-hybridized carbons (Fsp3) is 0.370. The third-order valence-electron chi connectivity index (χ3n) is 5.82. The SMILES string of the molecule is CCOC(=O)C=c1sc(=Cc2c(OCC)ccc3ccccc23)c(=O)n1CC(=O)NCC1CCCO1. The minimum absolute atomic E-state index is 0.00838. The number of hydrogen-bond donors (Lipinski definition) is 1.